The van der Waals surface area contributed by atoms with Crippen molar-refractivity contribution in [2.45, 2.75) is 43.5 Å². The zero-order valence-electron chi connectivity index (χ0n) is 21.3. The Morgan fingerprint density at radius 2 is 2.05 bits per heavy atom. The molecule has 1 saturated heterocycles. The molecule has 206 valence electrons. The number of nitrogens with zero attached hydrogens (tertiary/aromatic N) is 2. The minimum absolute atomic E-state index is 0.0131. The molecule has 0 bridgehead atoms. The van der Waals surface area contributed by atoms with E-state index >= 15 is 0 Å². The molecule has 3 rings (SSSR count). The molecule has 0 aromatic heterocycles. The Labute approximate surface area is 226 Å². The maximum Gasteiger partial charge on any atom is 0.549 e. The molecule has 14 heteroatoms. The lowest BCUT2D eigenvalue weighted by Crippen LogP contribution is -2.61. The molecule has 3 atom stereocenters. The molecular weight excluding hydrogens is 519 g/mol. The lowest BCUT2D eigenvalue weighted by Gasteiger charge is -2.36. The molecule has 4 N–H and O–H groups in total. The van der Waals surface area contributed by atoms with Crippen molar-refractivity contribution in [3.05, 3.63) is 41.6 Å². The molecule has 1 fully saturated rings. The van der Waals surface area contributed by atoms with E-state index in [4.69, 9.17) is 20.9 Å². The molecule has 2 aliphatic rings. The number of aliphatic hydroxyl groups excluding tert-OH is 1. The summed E-state index contributed by atoms with van der Waals surface area (Å²) in [5, 5.41) is 23.9. The van der Waals surface area contributed by atoms with Crippen molar-refractivity contribution in [3.63, 3.8) is 0 Å². The first-order chi connectivity index (χ1) is 18.1. The average molecular weight is 551 g/mol. The number of aromatic carboxylic acids is 1. The van der Waals surface area contributed by atoms with Gasteiger partial charge in [-0.2, -0.15) is 0 Å². The van der Waals surface area contributed by atoms with Crippen molar-refractivity contribution in [1.82, 2.24) is 20.4 Å². The first-order valence-corrected chi connectivity index (χ1v) is 12.7. The highest BCUT2D eigenvalue weighted by atomic mass is 35.5. The number of hydrogen-bond donors (Lipinski definition) is 4. The summed E-state index contributed by atoms with van der Waals surface area (Å²) in [6, 6.07) is 3.12. The highest BCUT2D eigenvalue weighted by Crippen LogP contribution is 2.31. The minimum Gasteiger partial charge on any atom is -0.534 e. The van der Waals surface area contributed by atoms with E-state index in [9.17, 15) is 29.4 Å². The molecular formula is C24H32BClN4O8. The van der Waals surface area contributed by atoms with Gasteiger partial charge in [0.15, 0.2) is 0 Å². The Morgan fingerprint density at radius 1 is 1.32 bits per heavy atom. The number of carboxylic acid groups (broad SMARTS) is 1. The number of rotatable bonds is 11. The van der Waals surface area contributed by atoms with E-state index in [2.05, 4.69) is 17.2 Å². The van der Waals surface area contributed by atoms with Gasteiger partial charge >= 0.3 is 30.9 Å². The van der Waals surface area contributed by atoms with Crippen LogP contribution in [0.25, 0.3) is 0 Å². The molecule has 2 aliphatic heterocycles. The van der Waals surface area contributed by atoms with Gasteiger partial charge in [0, 0.05) is 39.0 Å². The number of alkyl halides is 1. The van der Waals surface area contributed by atoms with Crippen LogP contribution in [0.3, 0.4) is 0 Å². The normalized spacial score (nSPS) is 18.8. The standard InChI is InChI=1S/C24H32BClN4O8/c1-4-29-10-11-30(22(33)21(29)32)24(36)28-19(17(26)9-6-12-31)14(2)27-18-13-15-7-5-8-16(23(34)35)20(15)38-25(18)37-3/h5,7-8,17-19,27,31H,2,4,6,9-13H2,1,3H3,(H,28,36)(H,34,35). The molecule has 12 nitrogen and oxygen atoms in total. The Kier molecular flexibility index (Phi) is 10.0. The van der Waals surface area contributed by atoms with E-state index in [0.29, 0.717) is 31.4 Å². The summed E-state index contributed by atoms with van der Waals surface area (Å²) in [6.07, 6.45) is 1.00. The molecule has 3 unspecified atom stereocenters. The van der Waals surface area contributed by atoms with Gasteiger partial charge in [-0.3, -0.25) is 14.5 Å². The summed E-state index contributed by atoms with van der Waals surface area (Å²) in [7, 11) is 0.531. The molecule has 0 radical (unpaired) electrons. The van der Waals surface area contributed by atoms with Crippen LogP contribution < -0.4 is 15.3 Å². The fraction of sp³-hybridized carbons (Fsp3) is 0.500. The van der Waals surface area contributed by atoms with Crippen molar-refractivity contribution in [2.75, 3.05) is 33.4 Å². The molecule has 1 aromatic carbocycles. The fourth-order valence-electron chi connectivity index (χ4n) is 4.47. The molecule has 0 saturated carbocycles. The van der Waals surface area contributed by atoms with Crippen LogP contribution in [0, 0.1) is 0 Å². The number of piperazine rings is 1. The molecule has 38 heavy (non-hydrogen) atoms. The maximum absolute atomic E-state index is 13.1. The number of para-hydroxylation sites is 1. The van der Waals surface area contributed by atoms with E-state index in [-0.39, 0.29) is 36.7 Å². The number of amides is 4. The van der Waals surface area contributed by atoms with E-state index in [1.165, 1.54) is 18.1 Å². The minimum atomic E-state index is -1.13. The summed E-state index contributed by atoms with van der Waals surface area (Å²) in [5.41, 5.74) is 0.944. The Hall–Kier alpha value is -3.29. The van der Waals surface area contributed by atoms with Crippen LogP contribution in [-0.2, 0) is 20.7 Å². The van der Waals surface area contributed by atoms with Crippen LogP contribution in [0.15, 0.2) is 30.5 Å². The summed E-state index contributed by atoms with van der Waals surface area (Å²) < 4.78 is 11.3. The zero-order chi connectivity index (χ0) is 28.0. The highest BCUT2D eigenvalue weighted by Gasteiger charge is 2.41. The quantitative estimate of drug-likeness (QED) is 0.176. The lowest BCUT2D eigenvalue weighted by molar-refractivity contribution is -0.153. The fourth-order valence-corrected chi connectivity index (χ4v) is 4.84. The van der Waals surface area contributed by atoms with E-state index in [1.54, 1.807) is 19.1 Å². The first-order valence-electron chi connectivity index (χ1n) is 12.3. The molecule has 1 aromatic rings. The summed E-state index contributed by atoms with van der Waals surface area (Å²) in [4.78, 5) is 51.7. The number of hydrogen-bond acceptors (Lipinski definition) is 8. The summed E-state index contributed by atoms with van der Waals surface area (Å²) >= 11 is 6.61. The number of urea groups is 1. The van der Waals surface area contributed by atoms with Gasteiger partial charge in [-0.1, -0.05) is 18.7 Å². The SMILES string of the molecule is C=C(NC1Cc2cccc(C(=O)O)c2OB1OC)C(NC(=O)N1CCN(CC)C(=O)C1=O)C(Cl)CCCO. The largest absolute Gasteiger partial charge is 0.549 e. The van der Waals surface area contributed by atoms with Gasteiger partial charge in [0.2, 0.25) is 0 Å². The van der Waals surface area contributed by atoms with Crippen LogP contribution >= 0.6 is 11.6 Å². The second-order valence-electron chi connectivity index (χ2n) is 8.95. The van der Waals surface area contributed by atoms with Crippen molar-refractivity contribution in [1.29, 1.82) is 0 Å². The number of carbonyl (C=O) groups excluding carboxylic acids is 3. The Bertz CT molecular complexity index is 1090. The number of fused-ring (bicyclic) bond motifs is 1. The number of benzene rings is 1. The highest BCUT2D eigenvalue weighted by molar-refractivity contribution is 6.48. The maximum atomic E-state index is 13.1. The van der Waals surface area contributed by atoms with Crippen molar-refractivity contribution in [2.24, 2.45) is 0 Å². The number of aliphatic hydroxyl groups is 1. The van der Waals surface area contributed by atoms with Crippen LogP contribution in [0.2, 0.25) is 0 Å². The number of carboxylic acids is 1. The van der Waals surface area contributed by atoms with Crippen LogP contribution in [0.5, 0.6) is 5.75 Å². The Morgan fingerprint density at radius 3 is 2.68 bits per heavy atom. The third kappa shape index (κ3) is 6.40. The number of likely N-dealkylation sites (N-methyl/N-ethyl adjacent to an activating group) is 1. The van der Waals surface area contributed by atoms with Crippen molar-refractivity contribution in [3.8, 4) is 5.75 Å². The molecule has 2 heterocycles. The third-order valence-electron chi connectivity index (χ3n) is 6.52. The van der Waals surface area contributed by atoms with Crippen LogP contribution in [0.4, 0.5) is 4.79 Å². The molecule has 4 amide bonds. The second-order valence-corrected chi connectivity index (χ2v) is 9.51. The van der Waals surface area contributed by atoms with Crippen LogP contribution in [-0.4, -0.2) is 102 Å². The van der Waals surface area contributed by atoms with Gasteiger partial charge < -0.3 is 35.1 Å². The van der Waals surface area contributed by atoms with Crippen LogP contribution in [0.1, 0.15) is 35.7 Å². The smallest absolute Gasteiger partial charge is 0.534 e. The van der Waals surface area contributed by atoms with Crippen molar-refractivity contribution >= 4 is 42.5 Å². The number of carbonyl (C=O) groups is 4. The van der Waals surface area contributed by atoms with Gasteiger partial charge in [-0.25, -0.2) is 9.59 Å². The second kappa shape index (κ2) is 13.0. The number of halogens is 1. The number of imide groups is 1. The topological polar surface area (TPSA) is 158 Å². The predicted octanol–water partition coefficient (Wildman–Crippen LogP) is 0.614. The van der Waals surface area contributed by atoms with E-state index in [1.807, 2.05) is 0 Å². The number of nitrogens with one attached hydrogen (secondary N) is 2. The molecule has 0 spiro atoms. The van der Waals surface area contributed by atoms with E-state index < -0.39 is 48.3 Å². The first kappa shape index (κ1) is 29.3. The predicted molar refractivity (Wildman–Crippen MR) is 139 cm³/mol. The lowest BCUT2D eigenvalue weighted by atomic mass is 9.71. The monoisotopic (exact) mass is 550 g/mol. The molecule has 0 aliphatic carbocycles. The third-order valence-corrected chi connectivity index (χ3v) is 6.99. The van der Waals surface area contributed by atoms with Gasteiger partial charge in [0.05, 0.1) is 22.9 Å². The van der Waals surface area contributed by atoms with Gasteiger partial charge in [0.1, 0.15) is 5.75 Å². The summed E-state index contributed by atoms with van der Waals surface area (Å²) in [6.45, 7) is 6.30. The van der Waals surface area contributed by atoms with Gasteiger partial charge in [-0.05, 0) is 37.8 Å². The van der Waals surface area contributed by atoms with E-state index in [0.717, 1.165) is 4.90 Å². The van der Waals surface area contributed by atoms with Crippen molar-refractivity contribution < 1.29 is 38.7 Å². The van der Waals surface area contributed by atoms with Gasteiger partial charge in [-0.15, -0.1) is 11.6 Å². The average Bonchev–Trinajstić information content (AvgIpc) is 2.90. The zero-order valence-corrected chi connectivity index (χ0v) is 22.1. The Balaban J connectivity index is 1.78. The summed E-state index contributed by atoms with van der Waals surface area (Å²) in [5.74, 6) is -3.13. The van der Waals surface area contributed by atoms with Gasteiger partial charge in [0.25, 0.3) is 0 Å².